The highest BCUT2D eigenvalue weighted by atomic mass is 32.1. The van der Waals surface area contributed by atoms with Crippen LogP contribution in [0.2, 0.25) is 0 Å². The van der Waals surface area contributed by atoms with Crippen LogP contribution in [0.4, 0.5) is 0 Å². The van der Waals surface area contributed by atoms with Gasteiger partial charge in [0.1, 0.15) is 5.78 Å². The number of hydrogen-bond acceptors (Lipinski definition) is 4. The molecule has 0 aliphatic carbocycles. The van der Waals surface area contributed by atoms with Crippen molar-refractivity contribution >= 4 is 17.1 Å². The van der Waals surface area contributed by atoms with Crippen molar-refractivity contribution in [2.75, 3.05) is 13.1 Å². The SMILES string of the molecule is CC(=O)Cc1cnc(CC2CCNCC2)s1. The smallest absolute Gasteiger partial charge is 0.135 e. The number of nitrogens with one attached hydrogen (secondary N) is 1. The van der Waals surface area contributed by atoms with Gasteiger partial charge in [-0.3, -0.25) is 4.79 Å². The fourth-order valence-corrected chi connectivity index (χ4v) is 3.21. The van der Waals surface area contributed by atoms with E-state index < -0.39 is 0 Å². The first-order valence-corrected chi connectivity index (χ1v) is 6.69. The van der Waals surface area contributed by atoms with Crippen LogP contribution < -0.4 is 5.32 Å². The van der Waals surface area contributed by atoms with Crippen LogP contribution in [0.5, 0.6) is 0 Å². The maximum absolute atomic E-state index is 11.0. The zero-order valence-corrected chi connectivity index (χ0v) is 10.5. The molecule has 1 aromatic heterocycles. The van der Waals surface area contributed by atoms with Gasteiger partial charge in [0, 0.05) is 23.9 Å². The zero-order valence-electron chi connectivity index (χ0n) is 9.66. The molecule has 2 heterocycles. The summed E-state index contributed by atoms with van der Waals surface area (Å²) in [5.74, 6) is 0.995. The molecule has 3 nitrogen and oxygen atoms in total. The second-order valence-electron chi connectivity index (χ2n) is 4.50. The average molecular weight is 238 g/mol. The van der Waals surface area contributed by atoms with Gasteiger partial charge in [-0.1, -0.05) is 0 Å². The third-order valence-electron chi connectivity index (χ3n) is 2.95. The van der Waals surface area contributed by atoms with Crippen molar-refractivity contribution in [1.29, 1.82) is 0 Å². The molecular formula is C12H18N2OS. The Morgan fingerprint density at radius 3 is 3.00 bits per heavy atom. The van der Waals surface area contributed by atoms with Gasteiger partial charge in [0.05, 0.1) is 5.01 Å². The highest BCUT2D eigenvalue weighted by molar-refractivity contribution is 7.11. The molecule has 1 aliphatic rings. The number of piperidine rings is 1. The van der Waals surface area contributed by atoms with E-state index in [1.165, 1.54) is 17.8 Å². The van der Waals surface area contributed by atoms with E-state index in [9.17, 15) is 4.79 Å². The molecular weight excluding hydrogens is 220 g/mol. The van der Waals surface area contributed by atoms with E-state index in [4.69, 9.17) is 0 Å². The molecule has 0 spiro atoms. The van der Waals surface area contributed by atoms with Gasteiger partial charge in [-0.2, -0.15) is 0 Å². The summed E-state index contributed by atoms with van der Waals surface area (Å²) in [5, 5.41) is 4.57. The first-order valence-electron chi connectivity index (χ1n) is 5.88. The molecule has 1 aromatic rings. The van der Waals surface area contributed by atoms with Crippen molar-refractivity contribution in [3.63, 3.8) is 0 Å². The Morgan fingerprint density at radius 2 is 2.31 bits per heavy atom. The number of hydrogen-bond donors (Lipinski definition) is 1. The molecule has 0 aromatic carbocycles. The van der Waals surface area contributed by atoms with Crippen LogP contribution in [0.1, 0.15) is 29.7 Å². The number of carbonyl (C=O) groups is 1. The molecule has 16 heavy (non-hydrogen) atoms. The van der Waals surface area contributed by atoms with Gasteiger partial charge in [0.2, 0.25) is 0 Å². The molecule has 0 unspecified atom stereocenters. The second kappa shape index (κ2) is 5.55. The Balaban J connectivity index is 1.88. The normalized spacial score (nSPS) is 17.6. The van der Waals surface area contributed by atoms with Crippen LogP contribution in [0.15, 0.2) is 6.20 Å². The lowest BCUT2D eigenvalue weighted by molar-refractivity contribution is -0.116. The largest absolute Gasteiger partial charge is 0.317 e. The summed E-state index contributed by atoms with van der Waals surface area (Å²) >= 11 is 1.70. The van der Waals surface area contributed by atoms with Crippen molar-refractivity contribution in [3.05, 3.63) is 16.1 Å². The Morgan fingerprint density at radius 1 is 1.56 bits per heavy atom. The average Bonchev–Trinajstić information content (AvgIpc) is 2.66. The summed E-state index contributed by atoms with van der Waals surface area (Å²) in [4.78, 5) is 16.5. The minimum absolute atomic E-state index is 0.220. The van der Waals surface area contributed by atoms with Crippen LogP contribution in [-0.4, -0.2) is 23.9 Å². The van der Waals surface area contributed by atoms with E-state index >= 15 is 0 Å². The summed E-state index contributed by atoms with van der Waals surface area (Å²) in [6.07, 6.45) is 6.00. The summed E-state index contributed by atoms with van der Waals surface area (Å²) in [5.41, 5.74) is 0. The minimum atomic E-state index is 0.220. The molecule has 2 rings (SSSR count). The quantitative estimate of drug-likeness (QED) is 0.870. The zero-order chi connectivity index (χ0) is 11.4. The van der Waals surface area contributed by atoms with Gasteiger partial charge in [-0.25, -0.2) is 4.98 Å². The molecule has 0 radical (unpaired) electrons. The molecule has 1 aliphatic heterocycles. The van der Waals surface area contributed by atoms with Crippen molar-refractivity contribution in [2.24, 2.45) is 5.92 Å². The number of Topliss-reactive ketones (excluding diaryl/α,β-unsaturated/α-hetero) is 1. The van der Waals surface area contributed by atoms with Gasteiger partial charge in [-0.05, 0) is 38.8 Å². The lowest BCUT2D eigenvalue weighted by Crippen LogP contribution is -2.28. The number of rotatable bonds is 4. The molecule has 0 saturated carbocycles. The van der Waals surface area contributed by atoms with Crippen LogP contribution in [0, 0.1) is 5.92 Å². The summed E-state index contributed by atoms with van der Waals surface area (Å²) in [6.45, 7) is 3.90. The molecule has 88 valence electrons. The highest BCUT2D eigenvalue weighted by Crippen LogP contribution is 2.22. The van der Waals surface area contributed by atoms with Gasteiger partial charge in [-0.15, -0.1) is 11.3 Å². The lowest BCUT2D eigenvalue weighted by atomic mass is 9.95. The standard InChI is InChI=1S/C12H18N2OS/c1-9(15)6-11-8-14-12(16-11)7-10-2-4-13-5-3-10/h8,10,13H,2-7H2,1H3. The fraction of sp³-hybridized carbons (Fsp3) is 0.667. The summed E-state index contributed by atoms with van der Waals surface area (Å²) in [6, 6.07) is 0. The van der Waals surface area contributed by atoms with E-state index in [-0.39, 0.29) is 5.78 Å². The highest BCUT2D eigenvalue weighted by Gasteiger charge is 2.15. The van der Waals surface area contributed by atoms with E-state index in [2.05, 4.69) is 10.3 Å². The van der Waals surface area contributed by atoms with Gasteiger partial charge < -0.3 is 5.32 Å². The molecule has 1 saturated heterocycles. The van der Waals surface area contributed by atoms with Crippen molar-refractivity contribution in [3.8, 4) is 0 Å². The third-order valence-corrected chi connectivity index (χ3v) is 3.97. The Hall–Kier alpha value is -0.740. The number of aromatic nitrogens is 1. The van der Waals surface area contributed by atoms with E-state index in [0.717, 1.165) is 30.3 Å². The number of thiazole rings is 1. The summed E-state index contributed by atoms with van der Waals surface area (Å²) in [7, 11) is 0. The van der Waals surface area contributed by atoms with Crippen LogP contribution in [0.3, 0.4) is 0 Å². The summed E-state index contributed by atoms with van der Waals surface area (Å²) < 4.78 is 0. The van der Waals surface area contributed by atoms with Gasteiger partial charge in [0.25, 0.3) is 0 Å². The molecule has 4 heteroatoms. The van der Waals surface area contributed by atoms with E-state index in [1.54, 1.807) is 18.3 Å². The molecule has 1 N–H and O–H groups in total. The van der Waals surface area contributed by atoms with Crippen molar-refractivity contribution in [2.45, 2.75) is 32.6 Å². The number of ketones is 1. The number of carbonyl (C=O) groups excluding carboxylic acids is 1. The van der Waals surface area contributed by atoms with Crippen molar-refractivity contribution in [1.82, 2.24) is 10.3 Å². The molecule has 0 atom stereocenters. The first kappa shape index (κ1) is 11.7. The maximum Gasteiger partial charge on any atom is 0.135 e. The van der Waals surface area contributed by atoms with Gasteiger partial charge in [0.15, 0.2) is 0 Å². The molecule has 1 fully saturated rings. The predicted molar refractivity (Wildman–Crippen MR) is 65.8 cm³/mol. The molecule has 0 amide bonds. The lowest BCUT2D eigenvalue weighted by Gasteiger charge is -2.21. The fourth-order valence-electron chi connectivity index (χ4n) is 2.10. The Kier molecular flexibility index (Phi) is 4.07. The van der Waals surface area contributed by atoms with Crippen LogP contribution in [-0.2, 0) is 17.6 Å². The first-order chi connectivity index (χ1) is 7.74. The Bertz CT molecular complexity index is 356. The second-order valence-corrected chi connectivity index (χ2v) is 5.70. The van der Waals surface area contributed by atoms with E-state index in [0.29, 0.717) is 6.42 Å². The van der Waals surface area contributed by atoms with Crippen molar-refractivity contribution < 1.29 is 4.79 Å². The van der Waals surface area contributed by atoms with E-state index in [1.807, 2.05) is 6.20 Å². The van der Waals surface area contributed by atoms with Crippen LogP contribution >= 0.6 is 11.3 Å². The van der Waals surface area contributed by atoms with Crippen LogP contribution in [0.25, 0.3) is 0 Å². The third kappa shape index (κ3) is 3.39. The maximum atomic E-state index is 11.0. The monoisotopic (exact) mass is 238 g/mol. The topological polar surface area (TPSA) is 42.0 Å². The van der Waals surface area contributed by atoms with Gasteiger partial charge >= 0.3 is 0 Å². The number of nitrogens with zero attached hydrogens (tertiary/aromatic N) is 1. The Labute approximate surface area is 100 Å². The predicted octanol–water partition coefficient (Wildman–Crippen LogP) is 1.82. The minimum Gasteiger partial charge on any atom is -0.317 e. The molecule has 0 bridgehead atoms.